The molecule has 98 valence electrons. The van der Waals surface area contributed by atoms with Crippen LogP contribution < -0.4 is 10.1 Å². The summed E-state index contributed by atoms with van der Waals surface area (Å²) in [6.07, 6.45) is 2.44. The third-order valence-electron chi connectivity index (χ3n) is 2.82. The van der Waals surface area contributed by atoms with E-state index in [4.69, 9.17) is 9.84 Å². The Morgan fingerprint density at radius 3 is 2.89 bits per heavy atom. The zero-order valence-corrected chi connectivity index (χ0v) is 11.6. The number of halogens is 1. The number of carbonyl (C=O) groups is 1. The molecule has 0 radical (unpaired) electrons. The standard InChI is InChI=1S/C13H16BrNO3/c14-11-5-10(7-16)3-4-12(11)18-8-13(17)15-6-9-1-2-9/h3-5,9,16H,1-2,6-8H2,(H,15,17). The molecule has 2 N–H and O–H groups in total. The Hall–Kier alpha value is -1.07. The van der Waals surface area contributed by atoms with Crippen LogP contribution in [-0.2, 0) is 11.4 Å². The third-order valence-corrected chi connectivity index (χ3v) is 3.44. The number of hydrogen-bond donors (Lipinski definition) is 2. The third kappa shape index (κ3) is 3.99. The van der Waals surface area contributed by atoms with Crippen LogP contribution in [-0.4, -0.2) is 24.2 Å². The fourth-order valence-electron chi connectivity index (χ4n) is 1.53. The lowest BCUT2D eigenvalue weighted by Gasteiger charge is -2.09. The van der Waals surface area contributed by atoms with Crippen LogP contribution in [0, 0.1) is 5.92 Å². The number of nitrogens with one attached hydrogen (secondary N) is 1. The second-order valence-corrected chi connectivity index (χ2v) is 5.31. The van der Waals surface area contributed by atoms with Crippen molar-refractivity contribution in [1.82, 2.24) is 5.32 Å². The summed E-state index contributed by atoms with van der Waals surface area (Å²) in [5.41, 5.74) is 0.799. The van der Waals surface area contributed by atoms with E-state index in [1.165, 1.54) is 12.8 Å². The van der Waals surface area contributed by atoms with Gasteiger partial charge in [0.05, 0.1) is 11.1 Å². The van der Waals surface area contributed by atoms with Gasteiger partial charge in [0, 0.05) is 6.54 Å². The second kappa shape index (κ2) is 6.20. The maximum Gasteiger partial charge on any atom is 0.257 e. The zero-order valence-electron chi connectivity index (χ0n) is 9.99. The van der Waals surface area contributed by atoms with Crippen molar-refractivity contribution in [1.29, 1.82) is 0 Å². The van der Waals surface area contributed by atoms with E-state index in [-0.39, 0.29) is 19.1 Å². The van der Waals surface area contributed by atoms with E-state index in [9.17, 15) is 4.79 Å². The smallest absolute Gasteiger partial charge is 0.257 e. The van der Waals surface area contributed by atoms with Crippen molar-refractivity contribution in [2.75, 3.05) is 13.2 Å². The van der Waals surface area contributed by atoms with Crippen molar-refractivity contribution in [3.63, 3.8) is 0 Å². The monoisotopic (exact) mass is 313 g/mol. The molecule has 0 aliphatic heterocycles. The average Bonchev–Trinajstić information content (AvgIpc) is 3.18. The number of aliphatic hydroxyl groups excluding tert-OH is 1. The summed E-state index contributed by atoms with van der Waals surface area (Å²) in [6, 6.07) is 5.28. The Morgan fingerprint density at radius 2 is 2.28 bits per heavy atom. The second-order valence-electron chi connectivity index (χ2n) is 4.46. The van der Waals surface area contributed by atoms with Gasteiger partial charge in [-0.3, -0.25) is 4.79 Å². The maximum atomic E-state index is 11.5. The summed E-state index contributed by atoms with van der Waals surface area (Å²) < 4.78 is 6.15. The summed E-state index contributed by atoms with van der Waals surface area (Å²) in [4.78, 5) is 11.5. The largest absolute Gasteiger partial charge is 0.483 e. The fourth-order valence-corrected chi connectivity index (χ4v) is 2.07. The molecule has 1 aromatic rings. The molecular weight excluding hydrogens is 298 g/mol. The lowest BCUT2D eigenvalue weighted by atomic mass is 10.2. The average molecular weight is 314 g/mol. The Balaban J connectivity index is 1.79. The van der Waals surface area contributed by atoms with Crippen LogP contribution in [0.5, 0.6) is 5.75 Å². The van der Waals surface area contributed by atoms with Crippen molar-refractivity contribution in [3.05, 3.63) is 28.2 Å². The van der Waals surface area contributed by atoms with Crippen molar-refractivity contribution in [2.24, 2.45) is 5.92 Å². The first-order valence-corrected chi connectivity index (χ1v) is 6.77. The molecule has 0 saturated heterocycles. The quantitative estimate of drug-likeness (QED) is 0.842. The van der Waals surface area contributed by atoms with Gasteiger partial charge in [-0.1, -0.05) is 6.07 Å². The van der Waals surface area contributed by atoms with Gasteiger partial charge in [-0.15, -0.1) is 0 Å². The summed E-state index contributed by atoms with van der Waals surface area (Å²) in [5, 5.41) is 11.8. The predicted octanol–water partition coefficient (Wildman–Crippen LogP) is 1.85. The highest BCUT2D eigenvalue weighted by molar-refractivity contribution is 9.10. The Bertz CT molecular complexity index is 432. The van der Waals surface area contributed by atoms with Crippen molar-refractivity contribution in [3.8, 4) is 5.75 Å². The molecule has 1 aromatic carbocycles. The van der Waals surface area contributed by atoms with Crippen molar-refractivity contribution < 1.29 is 14.6 Å². The first-order valence-electron chi connectivity index (χ1n) is 5.98. The summed E-state index contributed by atoms with van der Waals surface area (Å²) in [7, 11) is 0. The van der Waals surface area contributed by atoms with Gasteiger partial charge in [0.1, 0.15) is 5.75 Å². The molecule has 1 aliphatic rings. The molecule has 0 spiro atoms. The number of benzene rings is 1. The van der Waals surface area contributed by atoms with Crippen LogP contribution in [0.4, 0.5) is 0 Å². The molecule has 1 fully saturated rings. The number of aliphatic hydroxyl groups is 1. The van der Waals surface area contributed by atoms with Crippen LogP contribution in [0.2, 0.25) is 0 Å². The molecule has 18 heavy (non-hydrogen) atoms. The van der Waals surface area contributed by atoms with Crippen molar-refractivity contribution >= 4 is 21.8 Å². The first-order chi connectivity index (χ1) is 8.69. The van der Waals surface area contributed by atoms with Gasteiger partial charge in [0.2, 0.25) is 0 Å². The summed E-state index contributed by atoms with van der Waals surface area (Å²) >= 11 is 3.34. The van der Waals surface area contributed by atoms with E-state index < -0.39 is 0 Å². The molecule has 0 atom stereocenters. The molecule has 0 heterocycles. The fraction of sp³-hybridized carbons (Fsp3) is 0.462. The highest BCUT2D eigenvalue weighted by atomic mass is 79.9. The van der Waals surface area contributed by atoms with Gasteiger partial charge in [-0.05, 0) is 52.4 Å². The Morgan fingerprint density at radius 1 is 1.50 bits per heavy atom. The van der Waals surface area contributed by atoms with Crippen LogP contribution in [0.25, 0.3) is 0 Å². The van der Waals surface area contributed by atoms with Gasteiger partial charge in [-0.2, -0.15) is 0 Å². The van der Waals surface area contributed by atoms with E-state index in [1.54, 1.807) is 18.2 Å². The SMILES string of the molecule is O=C(COc1ccc(CO)cc1Br)NCC1CC1. The lowest BCUT2D eigenvalue weighted by molar-refractivity contribution is -0.123. The number of rotatable bonds is 6. The molecule has 5 heteroatoms. The minimum atomic E-state index is -0.0972. The minimum absolute atomic E-state index is 0.0131. The topological polar surface area (TPSA) is 58.6 Å². The number of amides is 1. The van der Waals surface area contributed by atoms with Crippen molar-refractivity contribution in [2.45, 2.75) is 19.4 Å². The number of hydrogen-bond acceptors (Lipinski definition) is 3. The van der Waals surface area contributed by atoms with E-state index in [1.807, 2.05) is 0 Å². The van der Waals surface area contributed by atoms with E-state index >= 15 is 0 Å². The molecule has 2 rings (SSSR count). The lowest BCUT2D eigenvalue weighted by Crippen LogP contribution is -2.30. The predicted molar refractivity (Wildman–Crippen MR) is 71.3 cm³/mol. The normalized spacial score (nSPS) is 14.3. The molecule has 0 aromatic heterocycles. The highest BCUT2D eigenvalue weighted by Gasteiger charge is 2.21. The maximum absolute atomic E-state index is 11.5. The van der Waals surface area contributed by atoms with Gasteiger partial charge in [0.25, 0.3) is 5.91 Å². The van der Waals surface area contributed by atoms with E-state index in [0.717, 1.165) is 16.6 Å². The van der Waals surface area contributed by atoms with Gasteiger partial charge >= 0.3 is 0 Å². The molecular formula is C13H16BrNO3. The number of carbonyl (C=O) groups excluding carboxylic acids is 1. The van der Waals surface area contributed by atoms with Gasteiger partial charge < -0.3 is 15.2 Å². The van der Waals surface area contributed by atoms with Crippen LogP contribution >= 0.6 is 15.9 Å². The summed E-state index contributed by atoms with van der Waals surface area (Å²) in [5.74, 6) is 1.18. The molecule has 4 nitrogen and oxygen atoms in total. The van der Waals surface area contributed by atoms with E-state index in [0.29, 0.717) is 11.7 Å². The Labute approximate surface area is 114 Å². The van der Waals surface area contributed by atoms with Gasteiger partial charge in [-0.25, -0.2) is 0 Å². The molecule has 1 amide bonds. The van der Waals surface area contributed by atoms with Gasteiger partial charge in [0.15, 0.2) is 6.61 Å². The molecule has 0 unspecified atom stereocenters. The van der Waals surface area contributed by atoms with E-state index in [2.05, 4.69) is 21.2 Å². The van der Waals surface area contributed by atoms with Crippen LogP contribution in [0.15, 0.2) is 22.7 Å². The molecule has 0 bridgehead atoms. The van der Waals surface area contributed by atoms with Crippen LogP contribution in [0.3, 0.4) is 0 Å². The van der Waals surface area contributed by atoms with Crippen LogP contribution in [0.1, 0.15) is 18.4 Å². The number of ether oxygens (including phenoxy) is 1. The molecule has 1 saturated carbocycles. The first kappa shape index (κ1) is 13.4. The zero-order chi connectivity index (χ0) is 13.0. The highest BCUT2D eigenvalue weighted by Crippen LogP contribution is 2.28. The minimum Gasteiger partial charge on any atom is -0.483 e. The summed E-state index contributed by atoms with van der Waals surface area (Å²) in [6.45, 7) is 0.761. The molecule has 1 aliphatic carbocycles. The Kier molecular flexibility index (Phi) is 4.60.